The summed E-state index contributed by atoms with van der Waals surface area (Å²) in [5.74, 6) is 0. The van der Waals surface area contributed by atoms with E-state index in [1.54, 1.807) is 15.3 Å². The van der Waals surface area contributed by atoms with Gasteiger partial charge in [0.25, 0.3) is 0 Å². The van der Waals surface area contributed by atoms with Gasteiger partial charge < -0.3 is 10.2 Å². The maximum absolute atomic E-state index is 3.72. The minimum absolute atomic E-state index is 0.524. The van der Waals surface area contributed by atoms with Crippen molar-refractivity contribution >= 4 is 11.3 Å². The van der Waals surface area contributed by atoms with Crippen LogP contribution >= 0.6 is 11.3 Å². The second-order valence-electron chi connectivity index (χ2n) is 6.38. The number of nitrogens with zero attached hydrogens (tertiary/aromatic N) is 1. The lowest BCUT2D eigenvalue weighted by Gasteiger charge is -2.27. The van der Waals surface area contributed by atoms with Gasteiger partial charge in [-0.2, -0.15) is 0 Å². The van der Waals surface area contributed by atoms with Crippen molar-refractivity contribution in [2.45, 2.75) is 57.9 Å². The second kappa shape index (κ2) is 7.06. The van der Waals surface area contributed by atoms with Crippen LogP contribution < -0.4 is 5.32 Å². The molecule has 0 amide bonds. The third kappa shape index (κ3) is 3.63. The van der Waals surface area contributed by atoms with E-state index in [1.807, 2.05) is 0 Å². The molecule has 112 valence electrons. The van der Waals surface area contributed by atoms with E-state index in [4.69, 9.17) is 0 Å². The first-order valence-corrected chi connectivity index (χ1v) is 9.22. The molecule has 1 aliphatic heterocycles. The highest BCUT2D eigenvalue weighted by molar-refractivity contribution is 7.12. The summed E-state index contributed by atoms with van der Waals surface area (Å²) in [7, 11) is 0. The summed E-state index contributed by atoms with van der Waals surface area (Å²) in [5, 5.41) is 3.72. The molecule has 0 bridgehead atoms. The number of rotatable bonds is 5. The number of hydrogen-bond acceptors (Lipinski definition) is 3. The molecule has 1 aromatic heterocycles. The van der Waals surface area contributed by atoms with Crippen molar-refractivity contribution in [3.63, 3.8) is 0 Å². The molecule has 3 rings (SSSR count). The molecule has 0 radical (unpaired) electrons. The fourth-order valence-corrected chi connectivity index (χ4v) is 4.73. The number of likely N-dealkylation sites (tertiary alicyclic amines) is 1. The average Bonchev–Trinajstić information content (AvgIpc) is 2.92. The van der Waals surface area contributed by atoms with Crippen molar-refractivity contribution in [3.05, 3.63) is 21.4 Å². The molecule has 1 N–H and O–H groups in total. The van der Waals surface area contributed by atoms with Gasteiger partial charge in [0.15, 0.2) is 0 Å². The van der Waals surface area contributed by atoms with Gasteiger partial charge in [0.05, 0.1) is 0 Å². The molecule has 0 saturated carbocycles. The summed E-state index contributed by atoms with van der Waals surface area (Å²) >= 11 is 2.05. The molecule has 0 spiro atoms. The van der Waals surface area contributed by atoms with Gasteiger partial charge >= 0.3 is 0 Å². The first kappa shape index (κ1) is 14.6. The van der Waals surface area contributed by atoms with Crippen LogP contribution in [0.5, 0.6) is 0 Å². The van der Waals surface area contributed by atoms with Gasteiger partial charge in [0.2, 0.25) is 0 Å². The molecule has 2 heterocycles. The van der Waals surface area contributed by atoms with Crippen LogP contribution in [0.4, 0.5) is 0 Å². The predicted octanol–water partition coefficient (Wildman–Crippen LogP) is 3.76. The van der Waals surface area contributed by atoms with E-state index < -0.39 is 0 Å². The number of nitrogens with one attached hydrogen (secondary N) is 1. The Morgan fingerprint density at radius 2 is 1.95 bits per heavy atom. The SMILES string of the molecule is CC(NCCN1CCCCC1)c1cc2c(s1)CCCC2. The largest absolute Gasteiger partial charge is 0.308 e. The highest BCUT2D eigenvalue weighted by atomic mass is 32.1. The Morgan fingerprint density at radius 1 is 1.15 bits per heavy atom. The van der Waals surface area contributed by atoms with Crippen LogP contribution in [-0.4, -0.2) is 31.1 Å². The highest BCUT2D eigenvalue weighted by Crippen LogP contribution is 2.32. The summed E-state index contributed by atoms with van der Waals surface area (Å²) in [6, 6.07) is 2.99. The van der Waals surface area contributed by atoms with E-state index >= 15 is 0 Å². The Kier molecular flexibility index (Phi) is 5.14. The summed E-state index contributed by atoms with van der Waals surface area (Å²) < 4.78 is 0. The Hall–Kier alpha value is -0.380. The summed E-state index contributed by atoms with van der Waals surface area (Å²) in [4.78, 5) is 5.83. The smallest absolute Gasteiger partial charge is 0.0386 e. The summed E-state index contributed by atoms with van der Waals surface area (Å²) in [6.07, 6.45) is 9.64. The molecule has 1 atom stereocenters. The normalized spacial score (nSPS) is 21.6. The molecule has 0 aromatic carbocycles. The van der Waals surface area contributed by atoms with E-state index in [-0.39, 0.29) is 0 Å². The van der Waals surface area contributed by atoms with E-state index in [0.29, 0.717) is 6.04 Å². The average molecular weight is 292 g/mol. The first-order chi connectivity index (χ1) is 9.83. The molecule has 3 heteroatoms. The van der Waals surface area contributed by atoms with Crippen molar-refractivity contribution in [2.24, 2.45) is 0 Å². The molecular formula is C17H28N2S. The van der Waals surface area contributed by atoms with Gasteiger partial charge in [-0.1, -0.05) is 6.42 Å². The molecular weight excluding hydrogens is 264 g/mol. The van der Waals surface area contributed by atoms with Gasteiger partial charge in [-0.3, -0.25) is 0 Å². The lowest BCUT2D eigenvalue weighted by Crippen LogP contribution is -2.36. The Balaban J connectivity index is 1.46. The molecule has 1 aromatic rings. The third-order valence-electron chi connectivity index (χ3n) is 4.77. The van der Waals surface area contributed by atoms with E-state index in [9.17, 15) is 0 Å². The van der Waals surface area contributed by atoms with Crippen molar-refractivity contribution in [1.29, 1.82) is 0 Å². The molecule has 2 nitrogen and oxygen atoms in total. The number of fused-ring (bicyclic) bond motifs is 1. The zero-order chi connectivity index (χ0) is 13.8. The minimum atomic E-state index is 0.524. The van der Waals surface area contributed by atoms with Gasteiger partial charge in [-0.05, 0) is 70.2 Å². The lowest BCUT2D eigenvalue weighted by molar-refractivity contribution is 0.227. The van der Waals surface area contributed by atoms with E-state index in [1.165, 1.54) is 64.6 Å². The van der Waals surface area contributed by atoms with Crippen molar-refractivity contribution in [3.8, 4) is 0 Å². The monoisotopic (exact) mass is 292 g/mol. The Bertz CT molecular complexity index is 397. The maximum atomic E-state index is 3.72. The quantitative estimate of drug-likeness (QED) is 0.889. The molecule has 1 fully saturated rings. The first-order valence-electron chi connectivity index (χ1n) is 8.40. The Morgan fingerprint density at radius 3 is 2.75 bits per heavy atom. The number of aryl methyl sites for hydroxylation is 2. The fourth-order valence-electron chi connectivity index (χ4n) is 3.45. The van der Waals surface area contributed by atoms with Gasteiger partial charge in [0, 0.05) is 28.9 Å². The summed E-state index contributed by atoms with van der Waals surface area (Å²) in [5.41, 5.74) is 1.64. The second-order valence-corrected chi connectivity index (χ2v) is 7.55. The van der Waals surface area contributed by atoms with E-state index in [0.717, 1.165) is 6.54 Å². The topological polar surface area (TPSA) is 15.3 Å². The van der Waals surface area contributed by atoms with Crippen LogP contribution in [0.2, 0.25) is 0 Å². The van der Waals surface area contributed by atoms with Crippen molar-refractivity contribution in [2.75, 3.05) is 26.2 Å². The summed E-state index contributed by atoms with van der Waals surface area (Å²) in [6.45, 7) is 7.29. The molecule has 20 heavy (non-hydrogen) atoms. The van der Waals surface area contributed by atoms with Crippen LogP contribution in [0.1, 0.15) is 60.4 Å². The zero-order valence-electron chi connectivity index (χ0n) is 12.8. The molecule has 1 unspecified atom stereocenters. The van der Waals surface area contributed by atoms with Crippen LogP contribution in [0, 0.1) is 0 Å². The van der Waals surface area contributed by atoms with Crippen LogP contribution in [0.3, 0.4) is 0 Å². The molecule has 2 aliphatic rings. The third-order valence-corrected chi connectivity index (χ3v) is 6.19. The van der Waals surface area contributed by atoms with Crippen LogP contribution in [0.15, 0.2) is 6.07 Å². The minimum Gasteiger partial charge on any atom is -0.308 e. The maximum Gasteiger partial charge on any atom is 0.0386 e. The number of piperidine rings is 1. The van der Waals surface area contributed by atoms with Gasteiger partial charge in [-0.25, -0.2) is 0 Å². The van der Waals surface area contributed by atoms with Gasteiger partial charge in [0.1, 0.15) is 0 Å². The number of thiophene rings is 1. The van der Waals surface area contributed by atoms with Gasteiger partial charge in [-0.15, -0.1) is 11.3 Å². The Labute approximate surface area is 127 Å². The van der Waals surface area contributed by atoms with Crippen molar-refractivity contribution in [1.82, 2.24) is 10.2 Å². The predicted molar refractivity (Wildman–Crippen MR) is 87.7 cm³/mol. The lowest BCUT2D eigenvalue weighted by atomic mass is 9.99. The van der Waals surface area contributed by atoms with E-state index in [2.05, 4.69) is 34.5 Å². The standard InChI is InChI=1S/C17H28N2S/c1-14(18-9-12-19-10-5-2-6-11-19)17-13-15-7-3-4-8-16(15)20-17/h13-14,18H,2-12H2,1H3. The molecule has 1 saturated heterocycles. The van der Waals surface area contributed by atoms with Crippen LogP contribution in [-0.2, 0) is 12.8 Å². The number of hydrogen-bond donors (Lipinski definition) is 1. The zero-order valence-corrected chi connectivity index (χ0v) is 13.6. The van der Waals surface area contributed by atoms with Crippen molar-refractivity contribution < 1.29 is 0 Å². The highest BCUT2D eigenvalue weighted by Gasteiger charge is 2.16. The fraction of sp³-hybridized carbons (Fsp3) is 0.765. The van der Waals surface area contributed by atoms with Crippen LogP contribution in [0.25, 0.3) is 0 Å². The molecule has 1 aliphatic carbocycles.